The highest BCUT2D eigenvalue weighted by molar-refractivity contribution is 5.34. The Morgan fingerprint density at radius 2 is 1.72 bits per heavy atom. The highest BCUT2D eigenvalue weighted by Gasteiger charge is 2.19. The fourth-order valence-corrected chi connectivity index (χ4v) is 1.82. The minimum Gasteiger partial charge on any atom is -0.320 e. The Hall–Kier alpha value is -1.81. The van der Waals surface area contributed by atoms with Crippen molar-refractivity contribution in [1.82, 2.24) is 0 Å². The molecule has 1 unspecified atom stereocenters. The summed E-state index contributed by atoms with van der Waals surface area (Å²) in [5, 5.41) is 0. The van der Waals surface area contributed by atoms with E-state index in [1.165, 1.54) is 6.07 Å². The van der Waals surface area contributed by atoms with Crippen LogP contribution in [0.25, 0.3) is 0 Å². The molecule has 4 heteroatoms. The van der Waals surface area contributed by atoms with E-state index in [0.29, 0.717) is 5.56 Å². The number of hydrogen-bond donors (Lipinski definition) is 1. The summed E-state index contributed by atoms with van der Waals surface area (Å²) in [5.74, 6) is -3.94. The van der Waals surface area contributed by atoms with Crippen LogP contribution in [0.15, 0.2) is 36.4 Å². The molecule has 94 valence electrons. The summed E-state index contributed by atoms with van der Waals surface area (Å²) < 4.78 is 39.6. The Labute approximate surface area is 103 Å². The van der Waals surface area contributed by atoms with E-state index in [1.807, 2.05) is 13.0 Å². The number of rotatable bonds is 2. The molecule has 0 bridgehead atoms. The van der Waals surface area contributed by atoms with Gasteiger partial charge in [-0.3, -0.25) is 0 Å². The largest absolute Gasteiger partial charge is 0.320 e. The molecule has 2 N–H and O–H groups in total. The van der Waals surface area contributed by atoms with Gasteiger partial charge in [0.1, 0.15) is 0 Å². The molecule has 0 aliphatic rings. The van der Waals surface area contributed by atoms with Crippen molar-refractivity contribution in [2.45, 2.75) is 13.0 Å². The van der Waals surface area contributed by atoms with E-state index in [2.05, 4.69) is 0 Å². The van der Waals surface area contributed by atoms with Gasteiger partial charge < -0.3 is 5.73 Å². The van der Waals surface area contributed by atoms with Crippen LogP contribution in [0.3, 0.4) is 0 Å². The van der Waals surface area contributed by atoms with Gasteiger partial charge in [-0.2, -0.15) is 0 Å². The van der Waals surface area contributed by atoms with E-state index in [-0.39, 0.29) is 5.56 Å². The highest BCUT2D eigenvalue weighted by atomic mass is 19.2. The van der Waals surface area contributed by atoms with Crippen LogP contribution in [0.4, 0.5) is 13.2 Å². The van der Waals surface area contributed by atoms with Crippen molar-refractivity contribution >= 4 is 0 Å². The molecule has 0 radical (unpaired) electrons. The minimum atomic E-state index is -1.49. The monoisotopic (exact) mass is 251 g/mol. The van der Waals surface area contributed by atoms with Crippen LogP contribution in [-0.4, -0.2) is 0 Å². The summed E-state index contributed by atoms with van der Waals surface area (Å²) in [5.41, 5.74) is 7.44. The molecule has 1 atom stereocenters. The average Bonchev–Trinajstić information content (AvgIpc) is 2.35. The summed E-state index contributed by atoms with van der Waals surface area (Å²) in [6.45, 7) is 1.87. The fraction of sp³-hybridized carbons (Fsp3) is 0.143. The van der Waals surface area contributed by atoms with Gasteiger partial charge in [-0.25, -0.2) is 13.2 Å². The molecule has 0 aliphatic heterocycles. The number of aryl methyl sites for hydroxylation is 1. The zero-order chi connectivity index (χ0) is 13.3. The maximum Gasteiger partial charge on any atom is 0.194 e. The molecule has 2 aromatic rings. The van der Waals surface area contributed by atoms with Crippen LogP contribution in [0.5, 0.6) is 0 Å². The maximum absolute atomic E-state index is 13.6. The molecular weight excluding hydrogens is 239 g/mol. The van der Waals surface area contributed by atoms with Crippen LogP contribution in [0.2, 0.25) is 0 Å². The van der Waals surface area contributed by atoms with Crippen LogP contribution in [-0.2, 0) is 0 Å². The number of halogens is 3. The first-order chi connectivity index (χ1) is 8.50. The summed E-state index contributed by atoms with van der Waals surface area (Å²) >= 11 is 0. The molecule has 0 aliphatic carbocycles. The molecule has 0 heterocycles. The molecule has 0 saturated carbocycles. The van der Waals surface area contributed by atoms with E-state index < -0.39 is 23.5 Å². The van der Waals surface area contributed by atoms with E-state index >= 15 is 0 Å². The van der Waals surface area contributed by atoms with Gasteiger partial charge in [-0.15, -0.1) is 0 Å². The third-order valence-corrected chi connectivity index (χ3v) is 2.80. The minimum absolute atomic E-state index is 0.0560. The smallest absolute Gasteiger partial charge is 0.194 e. The van der Waals surface area contributed by atoms with Crippen molar-refractivity contribution in [3.05, 3.63) is 70.5 Å². The molecule has 2 rings (SSSR count). The quantitative estimate of drug-likeness (QED) is 0.813. The normalized spacial score (nSPS) is 12.5. The lowest BCUT2D eigenvalue weighted by molar-refractivity contribution is 0.438. The Morgan fingerprint density at radius 1 is 1.00 bits per heavy atom. The standard InChI is InChI=1S/C14H12F3N/c1-8-3-2-4-9(7-8)14(18)10-5-6-11(15)13(17)12(10)16/h2-7,14H,18H2,1H3. The van der Waals surface area contributed by atoms with Gasteiger partial charge in [-0.1, -0.05) is 35.9 Å². The second kappa shape index (κ2) is 4.82. The topological polar surface area (TPSA) is 26.0 Å². The zero-order valence-corrected chi connectivity index (χ0v) is 9.75. The second-order valence-corrected chi connectivity index (χ2v) is 4.16. The molecular formula is C14H12F3N. The Morgan fingerprint density at radius 3 is 2.39 bits per heavy atom. The predicted octanol–water partition coefficient (Wildman–Crippen LogP) is 3.46. The Kier molecular flexibility index (Phi) is 3.39. The van der Waals surface area contributed by atoms with Gasteiger partial charge >= 0.3 is 0 Å². The van der Waals surface area contributed by atoms with Gasteiger partial charge in [0, 0.05) is 5.56 Å². The van der Waals surface area contributed by atoms with Gasteiger partial charge in [0.2, 0.25) is 0 Å². The van der Waals surface area contributed by atoms with Crippen molar-refractivity contribution in [3.8, 4) is 0 Å². The van der Waals surface area contributed by atoms with E-state index in [9.17, 15) is 13.2 Å². The van der Waals surface area contributed by atoms with E-state index in [1.54, 1.807) is 18.2 Å². The summed E-state index contributed by atoms with van der Waals surface area (Å²) in [6.07, 6.45) is 0. The molecule has 0 aromatic heterocycles. The number of benzene rings is 2. The first-order valence-corrected chi connectivity index (χ1v) is 5.46. The second-order valence-electron chi connectivity index (χ2n) is 4.16. The van der Waals surface area contributed by atoms with Crippen molar-refractivity contribution in [1.29, 1.82) is 0 Å². The van der Waals surface area contributed by atoms with Crippen LogP contribution in [0, 0.1) is 24.4 Å². The molecule has 1 nitrogen and oxygen atoms in total. The Bertz CT molecular complexity index is 581. The third-order valence-electron chi connectivity index (χ3n) is 2.80. The SMILES string of the molecule is Cc1cccc(C(N)c2ccc(F)c(F)c2F)c1. The predicted molar refractivity (Wildman–Crippen MR) is 63.5 cm³/mol. The van der Waals surface area contributed by atoms with Crippen molar-refractivity contribution < 1.29 is 13.2 Å². The first kappa shape index (κ1) is 12.6. The van der Waals surface area contributed by atoms with Crippen molar-refractivity contribution in [2.75, 3.05) is 0 Å². The third kappa shape index (κ3) is 2.24. The lowest BCUT2D eigenvalue weighted by Gasteiger charge is -2.14. The molecule has 2 aromatic carbocycles. The number of hydrogen-bond acceptors (Lipinski definition) is 1. The van der Waals surface area contributed by atoms with Crippen molar-refractivity contribution in [3.63, 3.8) is 0 Å². The van der Waals surface area contributed by atoms with Crippen LogP contribution in [0.1, 0.15) is 22.7 Å². The number of nitrogens with two attached hydrogens (primary N) is 1. The van der Waals surface area contributed by atoms with Crippen LogP contribution >= 0.6 is 0 Å². The average molecular weight is 251 g/mol. The molecule has 18 heavy (non-hydrogen) atoms. The van der Waals surface area contributed by atoms with Crippen molar-refractivity contribution in [2.24, 2.45) is 5.73 Å². The van der Waals surface area contributed by atoms with E-state index in [0.717, 1.165) is 11.6 Å². The van der Waals surface area contributed by atoms with Gasteiger partial charge in [0.25, 0.3) is 0 Å². The van der Waals surface area contributed by atoms with E-state index in [4.69, 9.17) is 5.73 Å². The summed E-state index contributed by atoms with van der Waals surface area (Å²) in [6, 6.07) is 8.38. The van der Waals surface area contributed by atoms with Crippen LogP contribution < -0.4 is 5.73 Å². The van der Waals surface area contributed by atoms with Gasteiger partial charge in [0.05, 0.1) is 6.04 Å². The molecule has 0 saturated heterocycles. The molecule has 0 spiro atoms. The zero-order valence-electron chi connectivity index (χ0n) is 9.75. The highest BCUT2D eigenvalue weighted by Crippen LogP contribution is 2.25. The first-order valence-electron chi connectivity index (χ1n) is 5.46. The lowest BCUT2D eigenvalue weighted by Crippen LogP contribution is -2.15. The maximum atomic E-state index is 13.6. The molecule has 0 fully saturated rings. The summed E-state index contributed by atoms with van der Waals surface area (Å²) in [4.78, 5) is 0. The van der Waals surface area contributed by atoms with Gasteiger partial charge in [0.15, 0.2) is 17.5 Å². The Balaban J connectivity index is 2.46. The summed E-state index contributed by atoms with van der Waals surface area (Å²) in [7, 11) is 0. The fourth-order valence-electron chi connectivity index (χ4n) is 1.82. The van der Waals surface area contributed by atoms with Gasteiger partial charge in [-0.05, 0) is 18.6 Å². The lowest BCUT2D eigenvalue weighted by atomic mass is 9.97. The molecule has 0 amide bonds.